The predicted octanol–water partition coefficient (Wildman–Crippen LogP) is 2.88. The molecular formula is C20H20N4O5. The number of pyridine rings is 1. The summed E-state index contributed by atoms with van der Waals surface area (Å²) in [6, 6.07) is 6.90. The molecule has 1 saturated heterocycles. The van der Waals surface area contributed by atoms with Gasteiger partial charge in [0.15, 0.2) is 11.9 Å². The number of amides is 1. The maximum atomic E-state index is 12.5. The van der Waals surface area contributed by atoms with Gasteiger partial charge in [-0.3, -0.25) is 14.6 Å². The molecule has 1 amide bonds. The molecule has 0 spiro atoms. The van der Waals surface area contributed by atoms with Gasteiger partial charge in [0.2, 0.25) is 5.82 Å². The van der Waals surface area contributed by atoms with Crippen molar-refractivity contribution >= 4 is 11.9 Å². The molecule has 1 fully saturated rings. The number of piperidine rings is 1. The SMILES string of the molecule is CC(OC(=O)C1CCN(C(=O)c2ccco2)CC1)c1nc(-c2cccnc2)no1. The van der Waals surface area contributed by atoms with E-state index in [9.17, 15) is 9.59 Å². The quantitative estimate of drug-likeness (QED) is 0.605. The van der Waals surface area contributed by atoms with E-state index in [4.69, 9.17) is 13.7 Å². The maximum absolute atomic E-state index is 12.5. The zero-order chi connectivity index (χ0) is 20.2. The summed E-state index contributed by atoms with van der Waals surface area (Å²) < 4.78 is 15.9. The topological polar surface area (TPSA) is 112 Å². The first-order valence-electron chi connectivity index (χ1n) is 9.39. The molecule has 3 aromatic rings. The summed E-state index contributed by atoms with van der Waals surface area (Å²) in [7, 11) is 0. The van der Waals surface area contributed by atoms with Crippen molar-refractivity contribution in [2.45, 2.75) is 25.9 Å². The first-order valence-corrected chi connectivity index (χ1v) is 9.39. The van der Waals surface area contributed by atoms with Gasteiger partial charge in [-0.15, -0.1) is 0 Å². The van der Waals surface area contributed by atoms with E-state index in [1.807, 2.05) is 6.07 Å². The molecule has 3 aromatic heterocycles. The molecule has 4 heterocycles. The lowest BCUT2D eigenvalue weighted by Crippen LogP contribution is -2.40. The van der Waals surface area contributed by atoms with Crippen molar-refractivity contribution < 1.29 is 23.3 Å². The Kier molecular flexibility index (Phi) is 5.37. The highest BCUT2D eigenvalue weighted by molar-refractivity contribution is 5.91. The van der Waals surface area contributed by atoms with Crippen molar-refractivity contribution in [2.75, 3.05) is 13.1 Å². The van der Waals surface area contributed by atoms with Crippen LogP contribution in [0.25, 0.3) is 11.4 Å². The van der Waals surface area contributed by atoms with E-state index < -0.39 is 6.10 Å². The number of likely N-dealkylation sites (tertiary alicyclic amines) is 1. The number of hydrogen-bond acceptors (Lipinski definition) is 8. The maximum Gasteiger partial charge on any atom is 0.309 e. The summed E-state index contributed by atoms with van der Waals surface area (Å²) in [6.45, 7) is 2.63. The molecule has 0 saturated carbocycles. The molecule has 0 N–H and O–H groups in total. The Morgan fingerprint density at radius 3 is 2.76 bits per heavy atom. The molecule has 9 heteroatoms. The van der Waals surface area contributed by atoms with Crippen molar-refractivity contribution in [3.8, 4) is 11.4 Å². The predicted molar refractivity (Wildman–Crippen MR) is 99.4 cm³/mol. The van der Waals surface area contributed by atoms with Gasteiger partial charge in [-0.25, -0.2) is 0 Å². The highest BCUT2D eigenvalue weighted by Gasteiger charge is 2.31. The molecule has 150 valence electrons. The van der Waals surface area contributed by atoms with Gasteiger partial charge in [-0.05, 0) is 44.0 Å². The summed E-state index contributed by atoms with van der Waals surface area (Å²) in [5, 5.41) is 3.91. The van der Waals surface area contributed by atoms with Crippen molar-refractivity contribution in [3.63, 3.8) is 0 Å². The zero-order valence-corrected chi connectivity index (χ0v) is 15.9. The third-order valence-electron chi connectivity index (χ3n) is 4.85. The fourth-order valence-corrected chi connectivity index (χ4v) is 3.21. The van der Waals surface area contributed by atoms with Crippen LogP contribution in [0.2, 0.25) is 0 Å². The molecule has 1 aliphatic heterocycles. The van der Waals surface area contributed by atoms with Gasteiger partial charge in [0.1, 0.15) is 0 Å². The number of nitrogens with zero attached hydrogens (tertiary/aromatic N) is 4. The third kappa shape index (κ3) is 4.18. The monoisotopic (exact) mass is 396 g/mol. The number of hydrogen-bond donors (Lipinski definition) is 0. The fourth-order valence-electron chi connectivity index (χ4n) is 3.21. The van der Waals surface area contributed by atoms with Gasteiger partial charge >= 0.3 is 5.97 Å². The van der Waals surface area contributed by atoms with Crippen LogP contribution in [0.5, 0.6) is 0 Å². The Morgan fingerprint density at radius 1 is 1.24 bits per heavy atom. The van der Waals surface area contributed by atoms with Gasteiger partial charge in [0.05, 0.1) is 12.2 Å². The minimum atomic E-state index is -0.664. The molecule has 29 heavy (non-hydrogen) atoms. The number of aromatic nitrogens is 3. The van der Waals surface area contributed by atoms with Crippen LogP contribution in [-0.4, -0.2) is 45.0 Å². The third-order valence-corrected chi connectivity index (χ3v) is 4.85. The average Bonchev–Trinajstić information content (AvgIpc) is 3.46. The minimum absolute atomic E-state index is 0.163. The Labute approximate surface area is 166 Å². The van der Waals surface area contributed by atoms with Gasteiger partial charge in [-0.2, -0.15) is 4.98 Å². The Morgan fingerprint density at radius 2 is 2.07 bits per heavy atom. The smallest absolute Gasteiger partial charge is 0.309 e. The number of carbonyl (C=O) groups is 2. The van der Waals surface area contributed by atoms with Crippen molar-refractivity contribution in [3.05, 3.63) is 54.6 Å². The number of esters is 1. The largest absolute Gasteiger partial charge is 0.459 e. The molecule has 1 aliphatic rings. The first kappa shape index (κ1) is 18.9. The van der Waals surface area contributed by atoms with Crippen LogP contribution in [0.1, 0.15) is 42.3 Å². The number of furan rings is 1. The van der Waals surface area contributed by atoms with Crippen LogP contribution in [0.3, 0.4) is 0 Å². The molecule has 0 bridgehead atoms. The van der Waals surface area contributed by atoms with Crippen LogP contribution < -0.4 is 0 Å². The lowest BCUT2D eigenvalue weighted by molar-refractivity contribution is -0.156. The molecule has 9 nitrogen and oxygen atoms in total. The van der Waals surface area contributed by atoms with E-state index in [1.165, 1.54) is 6.26 Å². The molecule has 0 aliphatic carbocycles. The Hall–Kier alpha value is -3.49. The van der Waals surface area contributed by atoms with Gasteiger partial charge in [-0.1, -0.05) is 5.16 Å². The van der Waals surface area contributed by atoms with Crippen LogP contribution in [0, 0.1) is 5.92 Å². The second kappa shape index (κ2) is 8.26. The second-order valence-corrected chi connectivity index (χ2v) is 6.82. The van der Waals surface area contributed by atoms with E-state index in [0.29, 0.717) is 37.5 Å². The van der Waals surface area contributed by atoms with E-state index in [1.54, 1.807) is 42.4 Å². The summed E-state index contributed by atoms with van der Waals surface area (Å²) in [5.41, 5.74) is 0.717. The number of ether oxygens (including phenoxy) is 1. The number of rotatable bonds is 5. The highest BCUT2D eigenvalue weighted by Crippen LogP contribution is 2.25. The highest BCUT2D eigenvalue weighted by atomic mass is 16.6. The van der Waals surface area contributed by atoms with Gasteiger partial charge in [0.25, 0.3) is 11.8 Å². The molecule has 0 aromatic carbocycles. The molecule has 4 rings (SSSR count). The second-order valence-electron chi connectivity index (χ2n) is 6.82. The lowest BCUT2D eigenvalue weighted by atomic mass is 9.97. The van der Waals surface area contributed by atoms with Crippen LogP contribution >= 0.6 is 0 Å². The van der Waals surface area contributed by atoms with Crippen LogP contribution in [-0.2, 0) is 9.53 Å². The molecule has 0 radical (unpaired) electrons. The van der Waals surface area contributed by atoms with Crippen LogP contribution in [0.4, 0.5) is 0 Å². The lowest BCUT2D eigenvalue weighted by Gasteiger charge is -2.30. The Bertz CT molecular complexity index is 962. The molecule has 1 atom stereocenters. The average molecular weight is 396 g/mol. The van der Waals surface area contributed by atoms with Crippen molar-refractivity contribution in [1.29, 1.82) is 0 Å². The van der Waals surface area contributed by atoms with Gasteiger partial charge < -0.3 is 18.6 Å². The van der Waals surface area contributed by atoms with Crippen molar-refractivity contribution in [1.82, 2.24) is 20.0 Å². The summed E-state index contributed by atoms with van der Waals surface area (Å²) >= 11 is 0. The van der Waals surface area contributed by atoms with E-state index in [2.05, 4.69) is 15.1 Å². The number of carbonyl (C=O) groups excluding carboxylic acids is 2. The first-order chi connectivity index (χ1) is 14.1. The van der Waals surface area contributed by atoms with Gasteiger partial charge in [0, 0.05) is 31.0 Å². The summed E-state index contributed by atoms with van der Waals surface area (Å²) in [6.07, 6.45) is 5.15. The summed E-state index contributed by atoms with van der Waals surface area (Å²) in [4.78, 5) is 34.8. The molecular weight excluding hydrogens is 376 g/mol. The van der Waals surface area contributed by atoms with E-state index in [0.717, 1.165) is 5.56 Å². The fraction of sp³-hybridized carbons (Fsp3) is 0.350. The molecule has 1 unspecified atom stereocenters. The van der Waals surface area contributed by atoms with Crippen LogP contribution in [0.15, 0.2) is 51.9 Å². The Balaban J connectivity index is 1.31. The standard InChI is InChI=1S/C20H20N4O5/c1-13(18-22-17(23-29-18)15-4-2-8-21-12-15)28-20(26)14-6-9-24(10-7-14)19(25)16-5-3-11-27-16/h2-5,8,11-14H,6-7,9-10H2,1H3. The normalized spacial score (nSPS) is 15.8. The van der Waals surface area contributed by atoms with Crippen molar-refractivity contribution in [2.24, 2.45) is 5.92 Å². The minimum Gasteiger partial charge on any atom is -0.459 e. The summed E-state index contributed by atoms with van der Waals surface area (Å²) in [5.74, 6) is 0.148. The zero-order valence-electron chi connectivity index (χ0n) is 15.9. The van der Waals surface area contributed by atoms with E-state index >= 15 is 0 Å². The van der Waals surface area contributed by atoms with E-state index in [-0.39, 0.29) is 23.7 Å².